The Morgan fingerprint density at radius 1 is 0.346 bits per heavy atom. The quantitative estimate of drug-likeness (QED) is 0.0320. The molecule has 0 aromatic heterocycles. The lowest BCUT2D eigenvalue weighted by Crippen LogP contribution is -2.45. The third-order valence-corrected chi connectivity index (χ3v) is 17.2. The number of carbonyl (C=O) groups excluding carboxylic acids is 2. The predicted molar refractivity (Wildman–Crippen MR) is 356 cm³/mol. The molecule has 0 aliphatic carbocycles. The van der Waals surface area contributed by atoms with Crippen LogP contribution in [-0.2, 0) is 14.3 Å². The highest BCUT2D eigenvalue weighted by Gasteiger charge is 2.20. The summed E-state index contributed by atoms with van der Waals surface area (Å²) in [6, 6.07) is -0.541. The zero-order chi connectivity index (χ0) is 58.5. The Kier molecular flexibility index (Phi) is 68.9. The van der Waals surface area contributed by atoms with Gasteiger partial charge in [-0.15, -0.1) is 0 Å². The largest absolute Gasteiger partial charge is 0.466 e. The first-order valence-corrected chi connectivity index (χ1v) is 36.7. The molecule has 0 aromatic rings. The molecule has 2 atom stereocenters. The van der Waals surface area contributed by atoms with E-state index in [9.17, 15) is 19.8 Å². The summed E-state index contributed by atoms with van der Waals surface area (Å²) in [7, 11) is 0. The number of aliphatic hydroxyl groups is 2. The molecule has 0 radical (unpaired) electrons. The van der Waals surface area contributed by atoms with Gasteiger partial charge in [-0.1, -0.05) is 346 Å². The second-order valence-corrected chi connectivity index (χ2v) is 25.3. The van der Waals surface area contributed by atoms with Crippen LogP contribution in [-0.4, -0.2) is 47.4 Å². The van der Waals surface area contributed by atoms with Crippen molar-refractivity contribution in [1.29, 1.82) is 0 Å². The van der Waals surface area contributed by atoms with Crippen LogP contribution in [0.3, 0.4) is 0 Å². The molecule has 6 heteroatoms. The second-order valence-electron chi connectivity index (χ2n) is 25.3. The molecule has 478 valence electrons. The summed E-state index contributed by atoms with van der Waals surface area (Å²) in [5.74, 6) is -0.0211. The maximum absolute atomic E-state index is 12.5. The monoisotopic (exact) mass is 1140 g/mol. The Hall–Kier alpha value is -1.92. The smallest absolute Gasteiger partial charge is 0.305 e. The maximum Gasteiger partial charge on any atom is 0.305 e. The molecule has 1 amide bonds. The van der Waals surface area contributed by atoms with E-state index in [0.717, 1.165) is 51.4 Å². The molecule has 0 aliphatic heterocycles. The highest BCUT2D eigenvalue weighted by atomic mass is 16.5. The summed E-state index contributed by atoms with van der Waals surface area (Å²) in [6.07, 6.45) is 90.6. The van der Waals surface area contributed by atoms with Crippen molar-refractivity contribution >= 4 is 11.9 Å². The van der Waals surface area contributed by atoms with Gasteiger partial charge in [-0.25, -0.2) is 0 Å². The van der Waals surface area contributed by atoms with E-state index in [0.29, 0.717) is 25.9 Å². The molecule has 0 rings (SSSR count). The molecule has 6 nitrogen and oxygen atoms in total. The molecule has 0 saturated heterocycles. The minimum absolute atomic E-state index is 0.00972. The third kappa shape index (κ3) is 67.1. The van der Waals surface area contributed by atoms with Crippen molar-refractivity contribution in [3.63, 3.8) is 0 Å². The van der Waals surface area contributed by atoms with Gasteiger partial charge in [-0.2, -0.15) is 0 Å². The molecule has 0 heterocycles. The van der Waals surface area contributed by atoms with Crippen LogP contribution in [0.4, 0.5) is 0 Å². The van der Waals surface area contributed by atoms with Crippen LogP contribution in [0, 0.1) is 0 Å². The first-order chi connectivity index (χ1) is 40.0. The van der Waals surface area contributed by atoms with Crippen LogP contribution in [0.5, 0.6) is 0 Å². The van der Waals surface area contributed by atoms with Crippen LogP contribution >= 0.6 is 0 Å². The Balaban J connectivity index is 3.37. The van der Waals surface area contributed by atoms with Crippen molar-refractivity contribution < 1.29 is 24.5 Å². The summed E-state index contributed by atoms with van der Waals surface area (Å²) in [5, 5.41) is 23.4. The summed E-state index contributed by atoms with van der Waals surface area (Å²) in [5.41, 5.74) is 0. The molecule has 0 aliphatic rings. The van der Waals surface area contributed by atoms with Crippen LogP contribution < -0.4 is 5.32 Å². The number of aliphatic hydroxyl groups excluding tert-OH is 2. The zero-order valence-electron chi connectivity index (χ0n) is 54.8. The van der Waals surface area contributed by atoms with E-state index in [-0.39, 0.29) is 18.5 Å². The Labute approximate surface area is 506 Å². The summed E-state index contributed by atoms with van der Waals surface area (Å²) < 4.78 is 5.50. The van der Waals surface area contributed by atoms with Gasteiger partial charge in [0.2, 0.25) is 5.91 Å². The topological polar surface area (TPSA) is 95.9 Å². The molecular formula is C75H143NO5. The van der Waals surface area contributed by atoms with Gasteiger partial charge in [-0.05, 0) is 83.5 Å². The number of esters is 1. The van der Waals surface area contributed by atoms with Crippen LogP contribution in [0.15, 0.2) is 36.5 Å². The minimum atomic E-state index is -0.664. The average Bonchev–Trinajstić information content (AvgIpc) is 3.47. The van der Waals surface area contributed by atoms with Gasteiger partial charge >= 0.3 is 5.97 Å². The average molecular weight is 1140 g/mol. The number of hydrogen-bond donors (Lipinski definition) is 3. The fraction of sp³-hybridized carbons (Fsp3) is 0.893. The predicted octanol–water partition coefficient (Wildman–Crippen LogP) is 23.9. The molecule has 2 unspecified atom stereocenters. The van der Waals surface area contributed by atoms with Crippen molar-refractivity contribution in [3.8, 4) is 0 Å². The lowest BCUT2D eigenvalue weighted by molar-refractivity contribution is -0.143. The molecule has 0 spiro atoms. The Morgan fingerprint density at radius 2 is 0.617 bits per heavy atom. The van der Waals surface area contributed by atoms with Crippen molar-refractivity contribution in [1.82, 2.24) is 5.32 Å². The summed E-state index contributed by atoms with van der Waals surface area (Å²) in [6.45, 7) is 4.97. The Bertz CT molecular complexity index is 1310. The zero-order valence-corrected chi connectivity index (χ0v) is 54.8. The van der Waals surface area contributed by atoms with Crippen molar-refractivity contribution in [3.05, 3.63) is 36.5 Å². The molecular weight excluding hydrogens is 995 g/mol. The van der Waals surface area contributed by atoms with E-state index in [1.807, 2.05) is 0 Å². The number of rotatable bonds is 69. The van der Waals surface area contributed by atoms with E-state index in [1.54, 1.807) is 0 Å². The lowest BCUT2D eigenvalue weighted by atomic mass is 10.0. The molecule has 0 aromatic carbocycles. The van der Waals surface area contributed by atoms with E-state index in [1.165, 1.54) is 321 Å². The normalized spacial score (nSPS) is 12.7. The maximum atomic E-state index is 12.5. The SMILES string of the molecule is CCCCCC/C=C\C/C=C\CCCCCCCCCC(=O)OCCCCCCCCCCCCCC/C=C\CCCCCCCCCCCCCCCC(=O)NC(CO)C(O)CCCCCCCCCCCCCCCCCCC. The molecule has 81 heavy (non-hydrogen) atoms. The highest BCUT2D eigenvalue weighted by Crippen LogP contribution is 2.19. The van der Waals surface area contributed by atoms with Crippen molar-refractivity contribution in [2.24, 2.45) is 0 Å². The van der Waals surface area contributed by atoms with E-state index in [2.05, 4.69) is 55.6 Å². The van der Waals surface area contributed by atoms with Gasteiger partial charge in [0.25, 0.3) is 0 Å². The van der Waals surface area contributed by atoms with Gasteiger partial charge < -0.3 is 20.3 Å². The molecule has 0 fully saturated rings. The van der Waals surface area contributed by atoms with Gasteiger partial charge in [0, 0.05) is 12.8 Å². The Morgan fingerprint density at radius 3 is 0.963 bits per heavy atom. The molecule has 0 bridgehead atoms. The van der Waals surface area contributed by atoms with Crippen LogP contribution in [0.25, 0.3) is 0 Å². The van der Waals surface area contributed by atoms with E-state index < -0.39 is 12.1 Å². The third-order valence-electron chi connectivity index (χ3n) is 17.2. The number of amides is 1. The number of carbonyl (C=O) groups is 2. The van der Waals surface area contributed by atoms with Crippen molar-refractivity contribution in [2.75, 3.05) is 13.2 Å². The number of ether oxygens (including phenoxy) is 1. The molecule has 3 N–H and O–H groups in total. The first-order valence-electron chi connectivity index (χ1n) is 36.7. The van der Waals surface area contributed by atoms with Crippen molar-refractivity contribution in [2.45, 2.75) is 418 Å². The van der Waals surface area contributed by atoms with Gasteiger partial charge in [0.15, 0.2) is 0 Å². The first kappa shape index (κ1) is 79.1. The number of nitrogens with one attached hydrogen (secondary N) is 1. The van der Waals surface area contributed by atoms with Gasteiger partial charge in [0.1, 0.15) is 0 Å². The number of hydrogen-bond acceptors (Lipinski definition) is 5. The summed E-state index contributed by atoms with van der Waals surface area (Å²) in [4.78, 5) is 24.6. The fourth-order valence-electron chi connectivity index (χ4n) is 11.6. The van der Waals surface area contributed by atoms with Gasteiger partial charge in [-0.3, -0.25) is 9.59 Å². The standard InChI is InChI=1S/C75H143NO5/c1-3-5-7-9-11-13-15-17-19-21-37-41-45-49-53-57-61-65-69-75(80)81-70-66-62-58-54-50-46-42-38-34-32-30-28-26-24-22-23-25-27-29-31-33-36-40-44-48-52-56-60-64-68-74(79)76-72(71-77)73(78)67-63-59-55-51-47-43-39-35-20-18-16-14-12-10-8-6-4-2/h13,15,19,21-22,24,72-73,77-78H,3-12,14,16-18,20,23,25-71H2,1-2H3,(H,76,79)/b15-13-,21-19-,24-22-. The lowest BCUT2D eigenvalue weighted by Gasteiger charge is -2.22. The number of unbranched alkanes of at least 4 members (excludes halogenated alkanes) is 52. The highest BCUT2D eigenvalue weighted by molar-refractivity contribution is 5.76. The van der Waals surface area contributed by atoms with Gasteiger partial charge in [0.05, 0.1) is 25.4 Å². The second kappa shape index (κ2) is 70.6. The fourth-order valence-corrected chi connectivity index (χ4v) is 11.6. The van der Waals surface area contributed by atoms with E-state index >= 15 is 0 Å². The minimum Gasteiger partial charge on any atom is -0.466 e. The van der Waals surface area contributed by atoms with Crippen LogP contribution in [0.2, 0.25) is 0 Å². The molecule has 0 saturated carbocycles. The summed E-state index contributed by atoms with van der Waals surface area (Å²) >= 11 is 0. The number of allylic oxidation sites excluding steroid dienone is 6. The van der Waals surface area contributed by atoms with Crippen LogP contribution in [0.1, 0.15) is 406 Å². The van der Waals surface area contributed by atoms with E-state index in [4.69, 9.17) is 4.74 Å².